The third-order valence-corrected chi connectivity index (χ3v) is 1.99. The topological polar surface area (TPSA) is 59.0 Å². The molecule has 0 atom stereocenters. The largest absolute Gasteiger partial charge is 0.493 e. The second kappa shape index (κ2) is 5.48. The highest BCUT2D eigenvalue weighted by molar-refractivity contribution is 6.31. The van der Waals surface area contributed by atoms with E-state index in [0.29, 0.717) is 29.5 Å². The molecule has 0 saturated heterocycles. The molecule has 1 aromatic carbocycles. The van der Waals surface area contributed by atoms with Crippen molar-refractivity contribution in [3.8, 4) is 11.8 Å². The maximum Gasteiger partial charge on any atom is 0.120 e. The number of halogens is 1. The Bertz CT molecular complexity index is 346. The van der Waals surface area contributed by atoms with Crippen LogP contribution >= 0.6 is 11.6 Å². The highest BCUT2D eigenvalue weighted by Crippen LogP contribution is 2.21. The molecule has 0 spiro atoms. The van der Waals surface area contributed by atoms with Crippen molar-refractivity contribution in [2.45, 2.75) is 6.42 Å². The first-order valence-electron chi connectivity index (χ1n) is 4.30. The summed E-state index contributed by atoms with van der Waals surface area (Å²) in [5.74, 6) is 0.669. The van der Waals surface area contributed by atoms with Crippen molar-refractivity contribution >= 4 is 11.6 Å². The predicted octanol–water partition coefficient (Wildman–Crippen LogP) is 1.94. The van der Waals surface area contributed by atoms with E-state index >= 15 is 0 Å². The summed E-state index contributed by atoms with van der Waals surface area (Å²) < 4.78 is 5.35. The Kier molecular flexibility index (Phi) is 4.24. The van der Waals surface area contributed by atoms with Crippen LogP contribution in [0.1, 0.15) is 12.0 Å². The fourth-order valence-electron chi connectivity index (χ4n) is 0.950. The van der Waals surface area contributed by atoms with Crippen LogP contribution in [0.15, 0.2) is 18.2 Å². The number of ether oxygens (including phenoxy) is 1. The number of benzene rings is 1. The summed E-state index contributed by atoms with van der Waals surface area (Å²) in [7, 11) is 0. The van der Waals surface area contributed by atoms with E-state index in [9.17, 15) is 0 Å². The molecule has 0 aromatic heterocycles. The summed E-state index contributed by atoms with van der Waals surface area (Å²) in [5, 5.41) is 9.05. The lowest BCUT2D eigenvalue weighted by Crippen LogP contribution is -2.06. The van der Waals surface area contributed by atoms with Gasteiger partial charge in [-0.1, -0.05) is 11.6 Å². The van der Waals surface area contributed by atoms with Gasteiger partial charge in [0.1, 0.15) is 11.8 Å². The molecule has 0 heterocycles. The average Bonchev–Trinajstić information content (AvgIpc) is 2.18. The number of nitrogens with zero attached hydrogens (tertiary/aromatic N) is 1. The first-order valence-corrected chi connectivity index (χ1v) is 4.68. The molecule has 0 bridgehead atoms. The van der Waals surface area contributed by atoms with E-state index < -0.39 is 0 Å². The molecule has 0 aliphatic heterocycles. The molecule has 2 N–H and O–H groups in total. The van der Waals surface area contributed by atoms with Crippen LogP contribution in [0.2, 0.25) is 5.02 Å². The lowest BCUT2D eigenvalue weighted by atomic mass is 10.2. The van der Waals surface area contributed by atoms with Gasteiger partial charge in [0.25, 0.3) is 0 Å². The Morgan fingerprint density at radius 3 is 2.86 bits per heavy atom. The zero-order valence-corrected chi connectivity index (χ0v) is 8.42. The molecule has 0 saturated carbocycles. The van der Waals surface area contributed by atoms with Gasteiger partial charge in [-0.25, -0.2) is 0 Å². The van der Waals surface area contributed by atoms with Crippen molar-refractivity contribution in [2.24, 2.45) is 5.73 Å². The zero-order valence-electron chi connectivity index (χ0n) is 7.66. The maximum absolute atomic E-state index is 8.63. The summed E-state index contributed by atoms with van der Waals surface area (Å²) in [6, 6.07) is 6.98. The standard InChI is InChI=1S/C10H11ClN2O/c11-10-6-9(14-5-1-4-12)3-2-8(10)7-13/h2-3,6H,1,4-5,12H2. The molecule has 74 valence electrons. The van der Waals surface area contributed by atoms with Crippen LogP contribution in [0.25, 0.3) is 0 Å². The Hall–Kier alpha value is -1.24. The zero-order chi connectivity index (χ0) is 10.4. The van der Waals surface area contributed by atoms with Crippen LogP contribution in [0, 0.1) is 11.3 Å². The molecule has 0 amide bonds. The second-order valence-electron chi connectivity index (χ2n) is 2.74. The van der Waals surface area contributed by atoms with Gasteiger partial charge in [-0.3, -0.25) is 0 Å². The van der Waals surface area contributed by atoms with E-state index in [4.69, 9.17) is 27.3 Å². The Morgan fingerprint density at radius 1 is 1.50 bits per heavy atom. The fourth-order valence-corrected chi connectivity index (χ4v) is 1.16. The predicted molar refractivity (Wildman–Crippen MR) is 55.3 cm³/mol. The van der Waals surface area contributed by atoms with Crippen molar-refractivity contribution < 1.29 is 4.74 Å². The average molecular weight is 211 g/mol. The van der Waals surface area contributed by atoms with E-state index in [-0.39, 0.29) is 0 Å². The van der Waals surface area contributed by atoms with E-state index in [1.807, 2.05) is 6.07 Å². The van der Waals surface area contributed by atoms with Gasteiger partial charge in [-0.15, -0.1) is 0 Å². The Balaban J connectivity index is 2.63. The van der Waals surface area contributed by atoms with Crippen molar-refractivity contribution in [3.05, 3.63) is 28.8 Å². The summed E-state index contributed by atoms with van der Waals surface area (Å²) in [4.78, 5) is 0. The molecular weight excluding hydrogens is 200 g/mol. The smallest absolute Gasteiger partial charge is 0.120 e. The first-order chi connectivity index (χ1) is 6.77. The first kappa shape index (κ1) is 10.8. The fraction of sp³-hybridized carbons (Fsp3) is 0.300. The lowest BCUT2D eigenvalue weighted by Gasteiger charge is -2.05. The Morgan fingerprint density at radius 2 is 2.29 bits per heavy atom. The maximum atomic E-state index is 8.63. The third-order valence-electron chi connectivity index (χ3n) is 1.68. The van der Waals surface area contributed by atoms with E-state index in [2.05, 4.69) is 0 Å². The number of nitrogens with two attached hydrogens (primary N) is 1. The summed E-state index contributed by atoms with van der Waals surface area (Å²) in [6.45, 7) is 1.17. The van der Waals surface area contributed by atoms with Gasteiger partial charge in [0.15, 0.2) is 0 Å². The minimum Gasteiger partial charge on any atom is -0.493 e. The van der Waals surface area contributed by atoms with Gasteiger partial charge >= 0.3 is 0 Å². The van der Waals surface area contributed by atoms with Crippen molar-refractivity contribution in [1.82, 2.24) is 0 Å². The highest BCUT2D eigenvalue weighted by atomic mass is 35.5. The van der Waals surface area contributed by atoms with Crippen LogP contribution in [0.4, 0.5) is 0 Å². The second-order valence-corrected chi connectivity index (χ2v) is 3.15. The van der Waals surface area contributed by atoms with Crippen LogP contribution in [-0.4, -0.2) is 13.2 Å². The molecule has 0 aliphatic carbocycles. The van der Waals surface area contributed by atoms with Crippen molar-refractivity contribution in [2.75, 3.05) is 13.2 Å². The number of rotatable bonds is 4. The third kappa shape index (κ3) is 2.91. The van der Waals surface area contributed by atoms with Crippen LogP contribution in [0.3, 0.4) is 0 Å². The monoisotopic (exact) mass is 210 g/mol. The van der Waals surface area contributed by atoms with E-state index in [1.54, 1.807) is 18.2 Å². The van der Waals surface area contributed by atoms with E-state index in [0.717, 1.165) is 6.42 Å². The SMILES string of the molecule is N#Cc1ccc(OCCCN)cc1Cl. The molecule has 4 heteroatoms. The molecule has 0 aliphatic rings. The molecule has 0 unspecified atom stereocenters. The molecule has 0 radical (unpaired) electrons. The minimum absolute atomic E-state index is 0.415. The van der Waals surface area contributed by atoms with Crippen LogP contribution < -0.4 is 10.5 Å². The van der Waals surface area contributed by atoms with Crippen molar-refractivity contribution in [1.29, 1.82) is 5.26 Å². The molecule has 3 nitrogen and oxygen atoms in total. The van der Waals surface area contributed by atoms with Crippen molar-refractivity contribution in [3.63, 3.8) is 0 Å². The van der Waals surface area contributed by atoms with Gasteiger partial charge in [-0.05, 0) is 25.1 Å². The van der Waals surface area contributed by atoms with E-state index in [1.165, 1.54) is 0 Å². The highest BCUT2D eigenvalue weighted by Gasteiger charge is 2.01. The summed E-state index contributed by atoms with van der Waals surface area (Å²) in [6.07, 6.45) is 0.803. The summed E-state index contributed by atoms with van der Waals surface area (Å²) >= 11 is 5.82. The summed E-state index contributed by atoms with van der Waals surface area (Å²) in [5.41, 5.74) is 5.78. The molecular formula is C10H11ClN2O. The molecule has 0 fully saturated rings. The van der Waals surface area contributed by atoms with Gasteiger partial charge in [-0.2, -0.15) is 5.26 Å². The van der Waals surface area contributed by atoms with Crippen LogP contribution in [0.5, 0.6) is 5.75 Å². The lowest BCUT2D eigenvalue weighted by molar-refractivity contribution is 0.313. The Labute approximate surface area is 88.0 Å². The van der Waals surface area contributed by atoms with Crippen LogP contribution in [-0.2, 0) is 0 Å². The quantitative estimate of drug-likeness (QED) is 0.773. The molecule has 14 heavy (non-hydrogen) atoms. The van der Waals surface area contributed by atoms with Gasteiger partial charge in [0.2, 0.25) is 0 Å². The van der Waals surface area contributed by atoms with Gasteiger partial charge < -0.3 is 10.5 Å². The molecule has 1 rings (SSSR count). The number of hydrogen-bond donors (Lipinski definition) is 1. The van der Waals surface area contributed by atoms with Gasteiger partial charge in [0, 0.05) is 6.07 Å². The minimum atomic E-state index is 0.415. The normalized spacial score (nSPS) is 9.50. The van der Waals surface area contributed by atoms with Gasteiger partial charge in [0.05, 0.1) is 17.2 Å². The molecule has 1 aromatic rings. The number of hydrogen-bond acceptors (Lipinski definition) is 3. The number of nitriles is 1.